The van der Waals surface area contributed by atoms with Crippen LogP contribution in [-0.2, 0) is 0 Å². The molecule has 5 aliphatic carbocycles. The lowest BCUT2D eigenvalue weighted by molar-refractivity contribution is 0.943. The van der Waals surface area contributed by atoms with Gasteiger partial charge in [-0.3, -0.25) is 0 Å². The van der Waals surface area contributed by atoms with Gasteiger partial charge in [0.1, 0.15) is 0 Å². The van der Waals surface area contributed by atoms with Crippen LogP contribution in [0.5, 0.6) is 0 Å². The lowest BCUT2D eigenvalue weighted by Gasteiger charge is -2.17. The Morgan fingerprint density at radius 3 is 2.89 bits per heavy atom. The minimum atomic E-state index is 0.577. The van der Waals surface area contributed by atoms with Crippen molar-refractivity contribution < 1.29 is 0 Å². The predicted octanol–water partition coefficient (Wildman–Crippen LogP) is 4.33. The summed E-state index contributed by atoms with van der Waals surface area (Å²) in [6.07, 6.45) is 20.0. The van der Waals surface area contributed by atoms with Crippen molar-refractivity contribution >= 4 is 0 Å². The topological polar surface area (TPSA) is 0 Å². The van der Waals surface area contributed by atoms with Gasteiger partial charge in [-0.2, -0.15) is 0 Å². The van der Waals surface area contributed by atoms with E-state index in [1.807, 2.05) is 0 Å². The van der Waals surface area contributed by atoms with Gasteiger partial charge in [-0.1, -0.05) is 48.1 Å². The van der Waals surface area contributed by atoms with Crippen molar-refractivity contribution in [1.82, 2.24) is 0 Å². The van der Waals surface area contributed by atoms with E-state index in [-0.39, 0.29) is 0 Å². The Morgan fingerprint density at radius 2 is 1.89 bits per heavy atom. The highest BCUT2D eigenvalue weighted by Crippen LogP contribution is 2.49. The molecular weight excluding hydrogens is 216 g/mol. The van der Waals surface area contributed by atoms with Crippen LogP contribution in [0, 0.1) is 5.92 Å². The maximum absolute atomic E-state index is 2.48. The minimum absolute atomic E-state index is 0.577. The van der Waals surface area contributed by atoms with Gasteiger partial charge in [0.2, 0.25) is 0 Å². The molecular formula is C18H14. The SMILES string of the molecule is C1=CC2=C3CC=C4C5=CC=C(C5)C4C=CC3=C1C2. The summed E-state index contributed by atoms with van der Waals surface area (Å²) in [6, 6.07) is 0. The van der Waals surface area contributed by atoms with Gasteiger partial charge in [-0.05, 0) is 52.7 Å². The van der Waals surface area contributed by atoms with E-state index < -0.39 is 0 Å². The fraction of sp³-hybridized carbons (Fsp3) is 0.222. The quantitative estimate of drug-likeness (QED) is 0.581. The lowest BCUT2D eigenvalue weighted by atomic mass is 9.87. The highest BCUT2D eigenvalue weighted by molar-refractivity contribution is 5.67. The molecule has 1 atom stereocenters. The summed E-state index contributed by atoms with van der Waals surface area (Å²) in [5.41, 5.74) is 10.9. The molecule has 0 radical (unpaired) electrons. The maximum atomic E-state index is 2.48. The normalized spacial score (nSPS) is 30.2. The van der Waals surface area contributed by atoms with E-state index in [9.17, 15) is 0 Å². The Morgan fingerprint density at radius 1 is 0.944 bits per heavy atom. The highest BCUT2D eigenvalue weighted by atomic mass is 14.4. The molecule has 0 N–H and O–H groups in total. The summed E-state index contributed by atoms with van der Waals surface area (Å²) in [6.45, 7) is 0. The summed E-state index contributed by atoms with van der Waals surface area (Å²) in [4.78, 5) is 0. The second-order valence-corrected chi connectivity index (χ2v) is 5.76. The number of fused-ring (bicyclic) bond motifs is 8. The molecule has 0 nitrogen and oxygen atoms in total. The maximum Gasteiger partial charge on any atom is 0.0237 e. The summed E-state index contributed by atoms with van der Waals surface area (Å²) in [7, 11) is 0. The fourth-order valence-corrected chi connectivity index (χ4v) is 3.98. The zero-order chi connectivity index (χ0) is 11.7. The van der Waals surface area contributed by atoms with Gasteiger partial charge in [0, 0.05) is 5.92 Å². The molecule has 4 bridgehead atoms. The summed E-state index contributed by atoms with van der Waals surface area (Å²) in [5, 5.41) is 0. The smallest absolute Gasteiger partial charge is 0.0237 e. The van der Waals surface area contributed by atoms with Crippen molar-refractivity contribution in [2.75, 3.05) is 0 Å². The molecule has 0 aliphatic heterocycles. The van der Waals surface area contributed by atoms with Gasteiger partial charge in [0.05, 0.1) is 0 Å². The van der Waals surface area contributed by atoms with Crippen molar-refractivity contribution in [3.63, 3.8) is 0 Å². The van der Waals surface area contributed by atoms with E-state index in [1.165, 1.54) is 24.0 Å². The molecule has 0 heteroatoms. The van der Waals surface area contributed by atoms with Crippen LogP contribution in [0.3, 0.4) is 0 Å². The second kappa shape index (κ2) is 2.95. The second-order valence-electron chi connectivity index (χ2n) is 5.76. The van der Waals surface area contributed by atoms with E-state index in [0.29, 0.717) is 5.92 Å². The van der Waals surface area contributed by atoms with E-state index in [2.05, 4.69) is 42.5 Å². The van der Waals surface area contributed by atoms with Gasteiger partial charge in [0.15, 0.2) is 0 Å². The molecule has 18 heavy (non-hydrogen) atoms. The Labute approximate surface area is 107 Å². The largest absolute Gasteiger partial charge is 0.0757 e. The first-order valence-electron chi connectivity index (χ1n) is 6.82. The Balaban J connectivity index is 1.69. The molecule has 0 aromatic carbocycles. The highest BCUT2D eigenvalue weighted by Gasteiger charge is 2.33. The molecule has 1 saturated carbocycles. The van der Waals surface area contributed by atoms with Crippen LogP contribution >= 0.6 is 0 Å². The monoisotopic (exact) mass is 230 g/mol. The average Bonchev–Trinajstić information content (AvgIpc) is 3.06. The minimum Gasteiger partial charge on any atom is -0.0757 e. The standard InChI is InChI=1S/C18H14/c1-2-12-9-11(1)15-5-6-17-13-3-4-14(10-13)18(17)8-7-16(12)15/h1-7,15H,8-10H2. The average molecular weight is 230 g/mol. The van der Waals surface area contributed by atoms with E-state index >= 15 is 0 Å². The van der Waals surface area contributed by atoms with E-state index in [1.54, 1.807) is 27.9 Å². The molecule has 86 valence electrons. The van der Waals surface area contributed by atoms with E-state index in [0.717, 1.165) is 6.42 Å². The first-order chi connectivity index (χ1) is 8.90. The van der Waals surface area contributed by atoms with Gasteiger partial charge < -0.3 is 0 Å². The number of hydrogen-bond donors (Lipinski definition) is 0. The zero-order valence-electron chi connectivity index (χ0n) is 10.2. The van der Waals surface area contributed by atoms with Crippen molar-refractivity contribution in [3.05, 3.63) is 81.5 Å². The molecule has 5 aliphatic rings. The van der Waals surface area contributed by atoms with Crippen molar-refractivity contribution in [3.8, 4) is 0 Å². The molecule has 1 unspecified atom stereocenters. The van der Waals surface area contributed by atoms with Gasteiger partial charge in [-0.25, -0.2) is 0 Å². The van der Waals surface area contributed by atoms with Crippen LogP contribution in [0.25, 0.3) is 0 Å². The van der Waals surface area contributed by atoms with Crippen molar-refractivity contribution in [2.24, 2.45) is 5.92 Å². The van der Waals surface area contributed by atoms with Gasteiger partial charge >= 0.3 is 0 Å². The molecule has 1 fully saturated rings. The zero-order valence-corrected chi connectivity index (χ0v) is 10.2. The number of allylic oxidation sites excluding steroid dienone is 14. The predicted molar refractivity (Wildman–Crippen MR) is 73.9 cm³/mol. The summed E-state index contributed by atoms with van der Waals surface area (Å²) in [5.74, 6) is 0.577. The molecule has 0 spiro atoms. The third kappa shape index (κ3) is 0.978. The Bertz CT molecular complexity index is 696. The van der Waals surface area contributed by atoms with Gasteiger partial charge in [-0.15, -0.1) is 0 Å². The Hall–Kier alpha value is -1.82. The van der Waals surface area contributed by atoms with Crippen LogP contribution in [0.4, 0.5) is 0 Å². The molecule has 0 heterocycles. The molecule has 0 amide bonds. The molecule has 0 aromatic rings. The third-order valence-electron chi connectivity index (χ3n) is 4.91. The molecule has 5 rings (SSSR count). The molecule has 0 saturated heterocycles. The van der Waals surface area contributed by atoms with Crippen molar-refractivity contribution in [1.29, 1.82) is 0 Å². The van der Waals surface area contributed by atoms with Crippen molar-refractivity contribution in [2.45, 2.75) is 19.3 Å². The summed E-state index contributed by atoms with van der Waals surface area (Å²) >= 11 is 0. The first-order valence-corrected chi connectivity index (χ1v) is 6.82. The first kappa shape index (κ1) is 9.16. The van der Waals surface area contributed by atoms with E-state index in [4.69, 9.17) is 0 Å². The summed E-state index contributed by atoms with van der Waals surface area (Å²) < 4.78 is 0. The van der Waals surface area contributed by atoms with Crippen LogP contribution < -0.4 is 0 Å². The van der Waals surface area contributed by atoms with Crippen LogP contribution in [0.1, 0.15) is 19.3 Å². The number of hydrogen-bond acceptors (Lipinski definition) is 0. The van der Waals surface area contributed by atoms with Gasteiger partial charge in [0.25, 0.3) is 0 Å². The number of rotatable bonds is 0. The lowest BCUT2D eigenvalue weighted by Crippen LogP contribution is -2.02. The Kier molecular flexibility index (Phi) is 1.50. The van der Waals surface area contributed by atoms with Crippen LogP contribution in [-0.4, -0.2) is 0 Å². The fourth-order valence-electron chi connectivity index (χ4n) is 3.98. The third-order valence-corrected chi connectivity index (χ3v) is 4.91. The van der Waals surface area contributed by atoms with Crippen LogP contribution in [0.2, 0.25) is 0 Å². The molecule has 0 aromatic heterocycles. The van der Waals surface area contributed by atoms with Crippen LogP contribution in [0.15, 0.2) is 81.5 Å².